The summed E-state index contributed by atoms with van der Waals surface area (Å²) >= 11 is 0. The van der Waals surface area contributed by atoms with Crippen LogP contribution in [0.1, 0.15) is 74.5 Å². The van der Waals surface area contributed by atoms with Crippen LogP contribution in [0.2, 0.25) is 0 Å². The lowest BCUT2D eigenvalue weighted by Crippen LogP contribution is -2.54. The molecule has 4 aromatic carbocycles. The monoisotopic (exact) mass is 767 g/mol. The van der Waals surface area contributed by atoms with Crippen LogP contribution in [0.3, 0.4) is 0 Å². The van der Waals surface area contributed by atoms with Gasteiger partial charge in [-0.3, -0.25) is 9.59 Å². The first-order valence-electron chi connectivity index (χ1n) is 19.8. The number of aromatic amines is 1. The highest BCUT2D eigenvalue weighted by atomic mass is 16.5. The summed E-state index contributed by atoms with van der Waals surface area (Å²) < 4.78 is 5.41. The predicted octanol–water partition coefficient (Wildman–Crippen LogP) is 7.99. The molecule has 0 spiro atoms. The molecule has 2 saturated heterocycles. The van der Waals surface area contributed by atoms with Crippen molar-refractivity contribution in [2.24, 2.45) is 0 Å². The minimum atomic E-state index is -0.910. The normalized spacial score (nSPS) is 17.1. The average Bonchev–Trinajstić information content (AvgIpc) is 3.94. The molecule has 3 heterocycles. The molecule has 0 saturated carbocycles. The van der Waals surface area contributed by atoms with Crippen LogP contribution in [0.25, 0.3) is 22.4 Å². The number of alkyl carbamates (subject to hydrolysis) is 1. The third-order valence-electron chi connectivity index (χ3n) is 10.5. The largest absolute Gasteiger partial charge is 0.445 e. The van der Waals surface area contributed by atoms with Crippen LogP contribution in [-0.4, -0.2) is 69.4 Å². The Morgan fingerprint density at radius 2 is 1.49 bits per heavy atom. The molecule has 1 aromatic heterocycles. The van der Waals surface area contributed by atoms with Crippen molar-refractivity contribution in [3.05, 3.63) is 132 Å². The van der Waals surface area contributed by atoms with E-state index in [0.717, 1.165) is 52.9 Å². The summed E-state index contributed by atoms with van der Waals surface area (Å²) in [5, 5.41) is 8.87. The topological polar surface area (TPSA) is 149 Å². The highest BCUT2D eigenvalue weighted by molar-refractivity contribution is 5.91. The minimum absolute atomic E-state index is 0.0126. The number of aromatic nitrogens is 2. The lowest BCUT2D eigenvalue weighted by atomic mass is 10.0. The third kappa shape index (κ3) is 9.88. The minimum Gasteiger partial charge on any atom is -0.445 e. The standard InChI is InChI=1S/C45H49N7O5/c1-2-11-40(53)47-36-24-22-33(23-25-36)32-18-20-34(21-19-32)38-28-46-42(49-38)39-17-10-27-52(39)43(54)41(35-14-7-4-8-15-35)50-44(55)51-26-9-16-37(29-51)48-45(56)57-30-31-12-5-3-6-13-31/h3-8,12-15,18-25,28,37,39,41H,2,9-11,16-17,26-27,29-30H2,1H3,(H,46,49)(H,47,53)(H,48,56)(H,50,55)/t37-,39-,41+/m0/s1. The van der Waals surface area contributed by atoms with Gasteiger partial charge < -0.3 is 35.5 Å². The van der Waals surface area contributed by atoms with E-state index in [0.29, 0.717) is 50.3 Å². The van der Waals surface area contributed by atoms with Gasteiger partial charge in [-0.2, -0.15) is 0 Å². The molecule has 294 valence electrons. The van der Waals surface area contributed by atoms with E-state index < -0.39 is 12.1 Å². The zero-order valence-corrected chi connectivity index (χ0v) is 32.2. The van der Waals surface area contributed by atoms with Crippen molar-refractivity contribution >= 4 is 29.6 Å². The maximum Gasteiger partial charge on any atom is 0.407 e. The highest BCUT2D eigenvalue weighted by Crippen LogP contribution is 2.34. The molecular formula is C45H49N7O5. The van der Waals surface area contributed by atoms with Crippen LogP contribution in [0.15, 0.2) is 115 Å². The highest BCUT2D eigenvalue weighted by Gasteiger charge is 2.38. The molecule has 5 aromatic rings. The number of rotatable bonds is 12. The fraction of sp³-hybridized carbons (Fsp3) is 0.311. The van der Waals surface area contributed by atoms with Gasteiger partial charge in [0.1, 0.15) is 18.5 Å². The van der Waals surface area contributed by atoms with E-state index in [1.165, 1.54) is 0 Å². The van der Waals surface area contributed by atoms with Gasteiger partial charge in [0, 0.05) is 37.8 Å². The second kappa shape index (κ2) is 18.5. The SMILES string of the molecule is CCCC(=O)Nc1ccc(-c2ccc(-c3cnc([C@@H]4CCCN4C(=O)[C@H](NC(=O)N4CCC[C@H](NC(=O)OCc5ccccc5)C4)c4ccccc4)[nH]3)cc2)cc1. The van der Waals surface area contributed by atoms with Crippen molar-refractivity contribution in [3.63, 3.8) is 0 Å². The zero-order chi connectivity index (χ0) is 39.6. The van der Waals surface area contributed by atoms with E-state index in [1.807, 2.05) is 109 Å². The summed E-state index contributed by atoms with van der Waals surface area (Å²) in [5.41, 5.74) is 6.25. The van der Waals surface area contributed by atoms with Crippen LogP contribution < -0.4 is 16.0 Å². The second-order valence-corrected chi connectivity index (χ2v) is 14.6. The maximum absolute atomic E-state index is 14.5. The molecule has 4 N–H and O–H groups in total. The number of amides is 5. The zero-order valence-electron chi connectivity index (χ0n) is 32.2. The van der Waals surface area contributed by atoms with Gasteiger partial charge in [0.2, 0.25) is 11.8 Å². The van der Waals surface area contributed by atoms with Crippen molar-refractivity contribution in [3.8, 4) is 22.4 Å². The molecule has 2 aliphatic heterocycles. The molecule has 0 aliphatic carbocycles. The number of hydrogen-bond acceptors (Lipinski definition) is 6. The molecule has 2 fully saturated rings. The van der Waals surface area contributed by atoms with Gasteiger partial charge in [0.05, 0.1) is 17.9 Å². The number of nitrogens with one attached hydrogen (secondary N) is 4. The van der Waals surface area contributed by atoms with E-state index in [2.05, 4.69) is 33.1 Å². The molecule has 12 heteroatoms. The number of urea groups is 1. The van der Waals surface area contributed by atoms with E-state index in [4.69, 9.17) is 9.72 Å². The van der Waals surface area contributed by atoms with Crippen molar-refractivity contribution in [1.82, 2.24) is 30.4 Å². The van der Waals surface area contributed by atoms with Crippen molar-refractivity contribution in [1.29, 1.82) is 0 Å². The smallest absolute Gasteiger partial charge is 0.407 e. The van der Waals surface area contributed by atoms with Gasteiger partial charge in [-0.15, -0.1) is 0 Å². The summed E-state index contributed by atoms with van der Waals surface area (Å²) in [7, 11) is 0. The number of imidazole rings is 1. The number of carbonyl (C=O) groups is 4. The van der Waals surface area contributed by atoms with Crippen molar-refractivity contribution in [2.45, 2.75) is 70.2 Å². The number of hydrogen-bond donors (Lipinski definition) is 4. The van der Waals surface area contributed by atoms with Gasteiger partial charge in [-0.1, -0.05) is 104 Å². The molecule has 7 rings (SSSR count). The van der Waals surface area contributed by atoms with Crippen molar-refractivity contribution < 1.29 is 23.9 Å². The third-order valence-corrected chi connectivity index (χ3v) is 10.5. The van der Waals surface area contributed by atoms with E-state index in [9.17, 15) is 19.2 Å². The van der Waals surface area contributed by atoms with Crippen LogP contribution >= 0.6 is 0 Å². The van der Waals surface area contributed by atoms with Gasteiger partial charge >= 0.3 is 12.1 Å². The van der Waals surface area contributed by atoms with E-state index in [-0.39, 0.29) is 36.5 Å². The predicted molar refractivity (Wildman–Crippen MR) is 219 cm³/mol. The van der Waals surface area contributed by atoms with E-state index in [1.54, 1.807) is 11.1 Å². The number of benzene rings is 4. The molecule has 0 radical (unpaired) electrons. The summed E-state index contributed by atoms with van der Waals surface area (Å²) in [5.74, 6) is 0.507. The number of nitrogens with zero attached hydrogens (tertiary/aromatic N) is 3. The van der Waals surface area contributed by atoms with Gasteiger partial charge in [-0.25, -0.2) is 14.6 Å². The first-order valence-corrected chi connectivity index (χ1v) is 19.8. The molecule has 0 bridgehead atoms. The summed E-state index contributed by atoms with van der Waals surface area (Å²) in [6.45, 7) is 3.49. The number of anilines is 1. The van der Waals surface area contributed by atoms with Gasteiger partial charge in [0.15, 0.2) is 0 Å². The first-order chi connectivity index (χ1) is 27.8. The molecule has 12 nitrogen and oxygen atoms in total. The van der Waals surface area contributed by atoms with Gasteiger partial charge in [-0.05, 0) is 72.1 Å². The Kier molecular flexibility index (Phi) is 12.6. The average molecular weight is 768 g/mol. The van der Waals surface area contributed by atoms with Crippen molar-refractivity contribution in [2.75, 3.05) is 25.0 Å². The fourth-order valence-corrected chi connectivity index (χ4v) is 7.53. The van der Waals surface area contributed by atoms with Crippen LogP contribution in [0.5, 0.6) is 0 Å². The van der Waals surface area contributed by atoms with Gasteiger partial charge in [0.25, 0.3) is 0 Å². The fourth-order valence-electron chi connectivity index (χ4n) is 7.53. The summed E-state index contributed by atoms with van der Waals surface area (Å²) in [4.78, 5) is 64.5. The van der Waals surface area contributed by atoms with E-state index >= 15 is 0 Å². The molecule has 5 amide bonds. The Morgan fingerprint density at radius 3 is 2.21 bits per heavy atom. The quantitative estimate of drug-likeness (QED) is 0.101. The Hall–Kier alpha value is -6.43. The van der Waals surface area contributed by atoms with Crippen LogP contribution in [0, 0.1) is 0 Å². The Labute approximate surface area is 333 Å². The number of ether oxygens (including phenoxy) is 1. The number of carbonyl (C=O) groups excluding carboxylic acids is 4. The van der Waals surface area contributed by atoms with Crippen LogP contribution in [0.4, 0.5) is 15.3 Å². The molecular weight excluding hydrogens is 719 g/mol. The summed E-state index contributed by atoms with van der Waals surface area (Å²) in [6.07, 6.45) is 5.53. The molecule has 2 aliphatic rings. The molecule has 3 atom stereocenters. The number of H-pyrrole nitrogens is 1. The number of likely N-dealkylation sites (tertiary alicyclic amines) is 2. The number of piperidine rings is 1. The Morgan fingerprint density at radius 1 is 0.825 bits per heavy atom. The van der Waals surface area contributed by atoms with Crippen LogP contribution in [-0.2, 0) is 20.9 Å². The molecule has 57 heavy (non-hydrogen) atoms. The Balaban J connectivity index is 0.990. The summed E-state index contributed by atoms with van der Waals surface area (Å²) in [6, 6.07) is 32.9. The lowest BCUT2D eigenvalue weighted by Gasteiger charge is -2.35. The first kappa shape index (κ1) is 38.8. The lowest BCUT2D eigenvalue weighted by molar-refractivity contribution is -0.134. The maximum atomic E-state index is 14.5. The second-order valence-electron chi connectivity index (χ2n) is 14.6. The Bertz CT molecular complexity index is 2120. The molecule has 0 unspecified atom stereocenters.